The lowest BCUT2D eigenvalue weighted by molar-refractivity contribution is -0.123. The van der Waals surface area contributed by atoms with Crippen LogP contribution in [-0.4, -0.2) is 12.5 Å². The molecule has 0 unspecified atom stereocenters. The molecule has 0 bridgehead atoms. The van der Waals surface area contributed by atoms with E-state index in [9.17, 15) is 9.18 Å². The van der Waals surface area contributed by atoms with Crippen LogP contribution < -0.4 is 10.1 Å². The van der Waals surface area contributed by atoms with Crippen LogP contribution in [0.15, 0.2) is 78.9 Å². The Labute approximate surface area is 158 Å². The molecular weight excluding hydrogens is 341 g/mol. The summed E-state index contributed by atoms with van der Waals surface area (Å²) in [5.74, 6) is 0.183. The van der Waals surface area contributed by atoms with Gasteiger partial charge in [-0.25, -0.2) is 4.39 Å². The Balaban J connectivity index is 1.58. The van der Waals surface area contributed by atoms with E-state index in [0.717, 1.165) is 17.5 Å². The number of ether oxygens (including phenoxy) is 1. The first-order valence-electron chi connectivity index (χ1n) is 8.91. The van der Waals surface area contributed by atoms with E-state index < -0.39 is 0 Å². The maximum Gasteiger partial charge on any atom is 0.258 e. The number of hydrogen-bond acceptors (Lipinski definition) is 2. The van der Waals surface area contributed by atoms with Crippen molar-refractivity contribution in [3.8, 4) is 5.75 Å². The van der Waals surface area contributed by atoms with Crippen molar-refractivity contribution in [2.45, 2.75) is 19.4 Å². The molecule has 138 valence electrons. The smallest absolute Gasteiger partial charge is 0.258 e. The lowest BCUT2D eigenvalue weighted by Gasteiger charge is -2.16. The standard InChI is InChI=1S/C23H22FNO2/c1-17(19-11-13-21(24)14-12-19)25-23(26)16-27-22-10-6-5-9-20(22)15-18-7-3-2-4-8-18/h2-14,17H,15-16H2,1H3,(H,25,26)/t17-/m0/s1. The van der Waals surface area contributed by atoms with Crippen LogP contribution in [0.4, 0.5) is 4.39 Å². The highest BCUT2D eigenvalue weighted by Gasteiger charge is 2.11. The number of nitrogens with one attached hydrogen (secondary N) is 1. The quantitative estimate of drug-likeness (QED) is 0.662. The molecule has 0 aliphatic rings. The molecule has 27 heavy (non-hydrogen) atoms. The average molecular weight is 363 g/mol. The van der Waals surface area contributed by atoms with E-state index in [0.29, 0.717) is 5.75 Å². The zero-order chi connectivity index (χ0) is 19.1. The molecule has 0 saturated heterocycles. The number of carbonyl (C=O) groups is 1. The Morgan fingerprint density at radius 3 is 2.37 bits per heavy atom. The van der Waals surface area contributed by atoms with Crippen molar-refractivity contribution in [3.05, 3.63) is 101 Å². The topological polar surface area (TPSA) is 38.3 Å². The molecule has 4 heteroatoms. The Morgan fingerprint density at radius 2 is 1.63 bits per heavy atom. The van der Waals surface area contributed by atoms with Gasteiger partial charge in [0.05, 0.1) is 6.04 Å². The third-order valence-corrected chi connectivity index (χ3v) is 4.32. The third-order valence-electron chi connectivity index (χ3n) is 4.32. The van der Waals surface area contributed by atoms with Crippen LogP contribution in [0, 0.1) is 5.82 Å². The number of para-hydroxylation sites is 1. The Morgan fingerprint density at radius 1 is 0.963 bits per heavy atom. The lowest BCUT2D eigenvalue weighted by Crippen LogP contribution is -2.31. The van der Waals surface area contributed by atoms with Gasteiger partial charge >= 0.3 is 0 Å². The molecule has 0 aliphatic carbocycles. The second-order valence-electron chi connectivity index (χ2n) is 6.40. The lowest BCUT2D eigenvalue weighted by atomic mass is 10.0. The molecule has 1 amide bonds. The molecule has 1 atom stereocenters. The number of carbonyl (C=O) groups excluding carboxylic acids is 1. The molecule has 3 aromatic carbocycles. The maximum absolute atomic E-state index is 13.0. The van der Waals surface area contributed by atoms with Gasteiger partial charge in [-0.05, 0) is 41.8 Å². The van der Waals surface area contributed by atoms with E-state index >= 15 is 0 Å². The predicted octanol–water partition coefficient (Wildman–Crippen LogP) is 4.67. The van der Waals surface area contributed by atoms with E-state index in [1.54, 1.807) is 12.1 Å². The second kappa shape index (κ2) is 8.99. The zero-order valence-electron chi connectivity index (χ0n) is 15.2. The Bertz CT molecular complexity index is 878. The van der Waals surface area contributed by atoms with Crippen LogP contribution in [0.25, 0.3) is 0 Å². The maximum atomic E-state index is 13.0. The van der Waals surface area contributed by atoms with Gasteiger partial charge in [0.2, 0.25) is 0 Å². The minimum absolute atomic E-state index is 0.0721. The first-order valence-corrected chi connectivity index (χ1v) is 8.91. The van der Waals surface area contributed by atoms with Crippen LogP contribution in [0.3, 0.4) is 0 Å². The highest BCUT2D eigenvalue weighted by molar-refractivity contribution is 5.78. The van der Waals surface area contributed by atoms with Gasteiger partial charge in [0.15, 0.2) is 6.61 Å². The molecule has 0 saturated carbocycles. The number of benzene rings is 3. The van der Waals surface area contributed by atoms with Crippen molar-refractivity contribution < 1.29 is 13.9 Å². The van der Waals surface area contributed by atoms with Gasteiger partial charge in [-0.3, -0.25) is 4.79 Å². The van der Waals surface area contributed by atoms with Crippen LogP contribution in [0.1, 0.15) is 29.7 Å². The van der Waals surface area contributed by atoms with E-state index in [2.05, 4.69) is 17.4 Å². The molecule has 0 radical (unpaired) electrons. The molecule has 0 heterocycles. The van der Waals surface area contributed by atoms with E-state index in [4.69, 9.17) is 4.74 Å². The largest absolute Gasteiger partial charge is 0.483 e. The molecule has 3 nitrogen and oxygen atoms in total. The fraction of sp³-hybridized carbons (Fsp3) is 0.174. The molecule has 0 fully saturated rings. The fourth-order valence-corrected chi connectivity index (χ4v) is 2.87. The van der Waals surface area contributed by atoms with Gasteiger partial charge in [0, 0.05) is 6.42 Å². The van der Waals surface area contributed by atoms with E-state index in [1.165, 1.54) is 17.7 Å². The molecular formula is C23H22FNO2. The number of halogens is 1. The van der Waals surface area contributed by atoms with Crippen LogP contribution in [0.2, 0.25) is 0 Å². The van der Waals surface area contributed by atoms with Gasteiger partial charge in [0.1, 0.15) is 11.6 Å². The summed E-state index contributed by atoms with van der Waals surface area (Å²) in [6, 6.07) is 23.7. The van der Waals surface area contributed by atoms with Gasteiger partial charge in [0.25, 0.3) is 5.91 Å². The Hall–Kier alpha value is -3.14. The molecule has 0 spiro atoms. The van der Waals surface area contributed by atoms with Crippen molar-refractivity contribution >= 4 is 5.91 Å². The normalized spacial score (nSPS) is 11.6. The summed E-state index contributed by atoms with van der Waals surface area (Å²) >= 11 is 0. The summed E-state index contributed by atoms with van der Waals surface area (Å²) in [5.41, 5.74) is 3.06. The molecule has 3 aromatic rings. The summed E-state index contributed by atoms with van der Waals surface area (Å²) in [6.07, 6.45) is 0.741. The van der Waals surface area contributed by atoms with Crippen molar-refractivity contribution in [3.63, 3.8) is 0 Å². The summed E-state index contributed by atoms with van der Waals surface area (Å²) in [7, 11) is 0. The van der Waals surface area contributed by atoms with Gasteiger partial charge in [-0.2, -0.15) is 0 Å². The predicted molar refractivity (Wildman–Crippen MR) is 104 cm³/mol. The van der Waals surface area contributed by atoms with E-state index in [1.807, 2.05) is 49.4 Å². The highest BCUT2D eigenvalue weighted by atomic mass is 19.1. The summed E-state index contributed by atoms with van der Waals surface area (Å²) < 4.78 is 18.8. The average Bonchev–Trinajstić information content (AvgIpc) is 2.68. The first kappa shape index (κ1) is 18.6. The second-order valence-corrected chi connectivity index (χ2v) is 6.40. The molecule has 0 aromatic heterocycles. The van der Waals surface area contributed by atoms with Crippen molar-refractivity contribution in [2.75, 3.05) is 6.61 Å². The van der Waals surface area contributed by atoms with Crippen molar-refractivity contribution in [2.24, 2.45) is 0 Å². The van der Waals surface area contributed by atoms with Crippen LogP contribution >= 0.6 is 0 Å². The number of hydrogen-bond donors (Lipinski definition) is 1. The summed E-state index contributed by atoms with van der Waals surface area (Å²) in [4.78, 5) is 12.2. The third kappa shape index (κ3) is 5.42. The SMILES string of the molecule is C[C@H](NC(=O)COc1ccccc1Cc1ccccc1)c1ccc(F)cc1. The van der Waals surface area contributed by atoms with E-state index in [-0.39, 0.29) is 24.4 Å². The Kier molecular flexibility index (Phi) is 6.21. The van der Waals surface area contributed by atoms with Crippen LogP contribution in [0.5, 0.6) is 5.75 Å². The molecule has 0 aliphatic heterocycles. The first-order chi connectivity index (χ1) is 13.1. The fourth-order valence-electron chi connectivity index (χ4n) is 2.87. The van der Waals surface area contributed by atoms with Gasteiger partial charge in [-0.1, -0.05) is 60.7 Å². The van der Waals surface area contributed by atoms with Crippen molar-refractivity contribution in [1.29, 1.82) is 0 Å². The minimum Gasteiger partial charge on any atom is -0.483 e. The molecule has 1 N–H and O–H groups in total. The summed E-state index contributed by atoms with van der Waals surface area (Å²) in [6.45, 7) is 1.78. The van der Waals surface area contributed by atoms with Gasteiger partial charge < -0.3 is 10.1 Å². The van der Waals surface area contributed by atoms with Gasteiger partial charge in [-0.15, -0.1) is 0 Å². The summed E-state index contributed by atoms with van der Waals surface area (Å²) in [5, 5.41) is 2.87. The molecule has 3 rings (SSSR count). The number of amides is 1. The monoisotopic (exact) mass is 363 g/mol. The van der Waals surface area contributed by atoms with Crippen LogP contribution in [-0.2, 0) is 11.2 Å². The van der Waals surface area contributed by atoms with Crippen molar-refractivity contribution in [1.82, 2.24) is 5.32 Å². The zero-order valence-corrected chi connectivity index (χ0v) is 15.2. The number of rotatable bonds is 7. The minimum atomic E-state index is -0.296. The highest BCUT2D eigenvalue weighted by Crippen LogP contribution is 2.21.